The fourth-order valence-electron chi connectivity index (χ4n) is 3.05. The monoisotopic (exact) mass is 375 g/mol. The van der Waals surface area contributed by atoms with Gasteiger partial charge in [-0.2, -0.15) is 0 Å². The zero-order chi connectivity index (χ0) is 19.7. The summed E-state index contributed by atoms with van der Waals surface area (Å²) in [6, 6.07) is 6.53. The van der Waals surface area contributed by atoms with Crippen molar-refractivity contribution in [3.05, 3.63) is 64.6 Å². The average Bonchev–Trinajstić information content (AvgIpc) is 2.91. The molecular formula is C20H20F3N3O. The number of H-pyrrole nitrogens is 1. The minimum absolute atomic E-state index is 0.376. The number of nitrogens with zero attached hydrogens (tertiary/aromatic N) is 1. The molecule has 3 rings (SSSR count). The van der Waals surface area contributed by atoms with Crippen LogP contribution in [0.3, 0.4) is 0 Å². The third kappa shape index (κ3) is 3.83. The van der Waals surface area contributed by atoms with Gasteiger partial charge in [-0.3, -0.25) is 4.79 Å². The fourth-order valence-corrected chi connectivity index (χ4v) is 3.05. The molecule has 0 fully saturated rings. The van der Waals surface area contributed by atoms with Crippen LogP contribution in [0.25, 0.3) is 10.9 Å². The lowest BCUT2D eigenvalue weighted by Crippen LogP contribution is -2.17. The topological polar surface area (TPSA) is 48.1 Å². The molecule has 2 aromatic carbocycles. The van der Waals surface area contributed by atoms with Gasteiger partial charge in [0.1, 0.15) is 11.4 Å². The number of likely N-dealkylation sites (N-methyl/N-ethyl adjacent to an activating group) is 1. The average molecular weight is 375 g/mol. The molecule has 4 nitrogen and oxygen atoms in total. The first kappa shape index (κ1) is 19.0. The van der Waals surface area contributed by atoms with Crippen molar-refractivity contribution in [3.63, 3.8) is 0 Å². The highest BCUT2D eigenvalue weighted by molar-refractivity contribution is 6.05. The van der Waals surface area contributed by atoms with Gasteiger partial charge in [0.25, 0.3) is 5.91 Å². The summed E-state index contributed by atoms with van der Waals surface area (Å²) in [4.78, 5) is 17.6. The maximum atomic E-state index is 13.8. The molecule has 0 spiro atoms. The second-order valence-electron chi connectivity index (χ2n) is 6.71. The Bertz CT molecular complexity index is 1010. The molecule has 0 saturated heterocycles. The molecule has 0 aliphatic carbocycles. The van der Waals surface area contributed by atoms with Gasteiger partial charge < -0.3 is 15.2 Å². The Balaban J connectivity index is 1.93. The number of rotatable bonds is 5. The van der Waals surface area contributed by atoms with Crippen LogP contribution in [0.4, 0.5) is 18.9 Å². The lowest BCUT2D eigenvalue weighted by Gasteiger charge is -2.10. The van der Waals surface area contributed by atoms with E-state index < -0.39 is 28.9 Å². The van der Waals surface area contributed by atoms with E-state index in [0.717, 1.165) is 41.2 Å². The van der Waals surface area contributed by atoms with Gasteiger partial charge in [0.05, 0.1) is 0 Å². The summed E-state index contributed by atoms with van der Waals surface area (Å²) in [6.45, 7) is 2.82. The number of amides is 1. The molecule has 0 aliphatic rings. The molecule has 0 atom stereocenters. The first-order valence-electron chi connectivity index (χ1n) is 8.48. The zero-order valence-electron chi connectivity index (χ0n) is 15.3. The summed E-state index contributed by atoms with van der Waals surface area (Å²) >= 11 is 0. The van der Waals surface area contributed by atoms with Crippen LogP contribution in [0, 0.1) is 24.4 Å². The van der Waals surface area contributed by atoms with Crippen molar-refractivity contribution in [1.82, 2.24) is 9.88 Å². The lowest BCUT2D eigenvalue weighted by molar-refractivity contribution is 0.101. The predicted octanol–water partition coefficient (Wildman–Crippen LogP) is 4.25. The standard InChI is InChI=1S/C20H20F3N3O/c1-11-13(8-9-26(2)3)14-10-12(4-7-17(14)24-11)25-20(27)18-15(21)5-6-16(22)19(18)23/h4-7,10,24H,8-9H2,1-3H3,(H,25,27). The van der Waals surface area contributed by atoms with Crippen LogP contribution in [0.1, 0.15) is 21.6 Å². The largest absolute Gasteiger partial charge is 0.358 e. The smallest absolute Gasteiger partial charge is 0.261 e. The van der Waals surface area contributed by atoms with E-state index in [4.69, 9.17) is 0 Å². The third-order valence-corrected chi connectivity index (χ3v) is 4.46. The number of aromatic nitrogens is 1. The Kier molecular flexibility index (Phi) is 5.23. The number of aromatic amines is 1. The van der Waals surface area contributed by atoms with Gasteiger partial charge in [0, 0.05) is 28.8 Å². The van der Waals surface area contributed by atoms with Crippen LogP contribution in [0.2, 0.25) is 0 Å². The van der Waals surface area contributed by atoms with Crippen LogP contribution in [0.5, 0.6) is 0 Å². The quantitative estimate of drug-likeness (QED) is 0.655. The van der Waals surface area contributed by atoms with Crippen molar-refractivity contribution >= 4 is 22.5 Å². The van der Waals surface area contributed by atoms with Crippen LogP contribution in [0.15, 0.2) is 30.3 Å². The maximum absolute atomic E-state index is 13.8. The summed E-state index contributed by atoms with van der Waals surface area (Å²) in [5, 5.41) is 3.37. The van der Waals surface area contributed by atoms with E-state index >= 15 is 0 Å². The molecule has 142 valence electrons. The zero-order valence-corrected chi connectivity index (χ0v) is 15.3. The minimum atomic E-state index is -1.50. The van der Waals surface area contributed by atoms with E-state index in [-0.39, 0.29) is 0 Å². The van der Waals surface area contributed by atoms with Crippen molar-refractivity contribution in [3.8, 4) is 0 Å². The molecule has 3 aromatic rings. The number of carbonyl (C=O) groups is 1. The number of aryl methyl sites for hydroxylation is 1. The van der Waals surface area contributed by atoms with Crippen molar-refractivity contribution < 1.29 is 18.0 Å². The number of hydrogen-bond acceptors (Lipinski definition) is 2. The summed E-state index contributed by atoms with van der Waals surface area (Å²) in [6.07, 6.45) is 0.809. The molecule has 0 radical (unpaired) electrons. The molecule has 0 aliphatic heterocycles. The van der Waals surface area contributed by atoms with Crippen LogP contribution in [-0.2, 0) is 6.42 Å². The summed E-state index contributed by atoms with van der Waals surface area (Å²) in [5.41, 5.74) is 2.48. The number of nitrogens with one attached hydrogen (secondary N) is 2. The lowest BCUT2D eigenvalue weighted by atomic mass is 10.1. The van der Waals surface area contributed by atoms with Gasteiger partial charge in [0.2, 0.25) is 0 Å². The summed E-state index contributed by atoms with van der Waals surface area (Å²) in [5.74, 6) is -4.93. The highest BCUT2D eigenvalue weighted by Crippen LogP contribution is 2.27. The molecule has 1 aromatic heterocycles. The molecule has 1 heterocycles. The van der Waals surface area contributed by atoms with Crippen LogP contribution in [-0.4, -0.2) is 36.4 Å². The Morgan fingerprint density at radius 1 is 1.11 bits per heavy atom. The predicted molar refractivity (Wildman–Crippen MR) is 99.6 cm³/mol. The minimum Gasteiger partial charge on any atom is -0.358 e. The van der Waals surface area contributed by atoms with Gasteiger partial charge in [-0.15, -0.1) is 0 Å². The number of fused-ring (bicyclic) bond motifs is 1. The molecule has 1 amide bonds. The van der Waals surface area contributed by atoms with Crippen LogP contribution >= 0.6 is 0 Å². The second-order valence-corrected chi connectivity index (χ2v) is 6.71. The van der Waals surface area contributed by atoms with Crippen molar-refractivity contribution in [1.29, 1.82) is 0 Å². The molecule has 27 heavy (non-hydrogen) atoms. The molecule has 2 N–H and O–H groups in total. The van der Waals surface area contributed by atoms with E-state index in [1.807, 2.05) is 21.0 Å². The van der Waals surface area contributed by atoms with E-state index in [0.29, 0.717) is 11.8 Å². The number of anilines is 1. The van der Waals surface area contributed by atoms with Gasteiger partial charge >= 0.3 is 0 Å². The van der Waals surface area contributed by atoms with E-state index in [1.54, 1.807) is 18.2 Å². The van der Waals surface area contributed by atoms with E-state index in [2.05, 4.69) is 15.2 Å². The van der Waals surface area contributed by atoms with Gasteiger partial charge in [0.15, 0.2) is 11.6 Å². The Labute approximate surface area is 155 Å². The Morgan fingerprint density at radius 2 is 1.81 bits per heavy atom. The summed E-state index contributed by atoms with van der Waals surface area (Å²) < 4.78 is 41.0. The fraction of sp³-hybridized carbons (Fsp3) is 0.250. The number of benzene rings is 2. The SMILES string of the molecule is Cc1[nH]c2ccc(NC(=O)c3c(F)ccc(F)c3F)cc2c1CCN(C)C. The molecule has 7 heteroatoms. The highest BCUT2D eigenvalue weighted by Gasteiger charge is 2.21. The van der Waals surface area contributed by atoms with Crippen LogP contribution < -0.4 is 5.32 Å². The van der Waals surface area contributed by atoms with Gasteiger partial charge in [-0.1, -0.05) is 0 Å². The molecular weight excluding hydrogens is 355 g/mol. The second kappa shape index (κ2) is 7.44. The van der Waals surface area contributed by atoms with Crippen molar-refractivity contribution in [2.75, 3.05) is 26.0 Å². The first-order valence-corrected chi connectivity index (χ1v) is 8.48. The first-order chi connectivity index (χ1) is 12.8. The normalized spacial score (nSPS) is 11.4. The van der Waals surface area contributed by atoms with E-state index in [9.17, 15) is 18.0 Å². The van der Waals surface area contributed by atoms with Gasteiger partial charge in [-0.05, 0) is 63.3 Å². The van der Waals surface area contributed by atoms with E-state index in [1.165, 1.54) is 0 Å². The Morgan fingerprint density at radius 3 is 2.52 bits per heavy atom. The summed E-state index contributed by atoms with van der Waals surface area (Å²) in [7, 11) is 3.97. The number of halogens is 3. The highest BCUT2D eigenvalue weighted by atomic mass is 19.2. The van der Waals surface area contributed by atoms with Crippen molar-refractivity contribution in [2.45, 2.75) is 13.3 Å². The number of hydrogen-bond donors (Lipinski definition) is 2. The van der Waals surface area contributed by atoms with Crippen molar-refractivity contribution in [2.24, 2.45) is 0 Å². The third-order valence-electron chi connectivity index (χ3n) is 4.46. The molecule has 0 bridgehead atoms. The molecule has 0 unspecified atom stereocenters. The Hall–Kier alpha value is -2.80. The number of carbonyl (C=O) groups excluding carboxylic acids is 1. The molecule has 0 saturated carbocycles. The maximum Gasteiger partial charge on any atom is 0.261 e. The van der Waals surface area contributed by atoms with Gasteiger partial charge in [-0.25, -0.2) is 13.2 Å².